The van der Waals surface area contributed by atoms with Gasteiger partial charge in [-0.1, -0.05) is 0 Å². The van der Waals surface area contributed by atoms with E-state index in [0.717, 1.165) is 45.1 Å². The van der Waals surface area contributed by atoms with Gasteiger partial charge in [0, 0.05) is 28.1 Å². The second-order valence-corrected chi connectivity index (χ2v) is 6.30. The Hall–Kier alpha value is -2.86. The monoisotopic (exact) mass is 336 g/mol. The zero-order chi connectivity index (χ0) is 16.5. The third-order valence-corrected chi connectivity index (χ3v) is 4.48. The molecule has 0 atom stereocenters. The van der Waals surface area contributed by atoms with E-state index in [-0.39, 0.29) is 0 Å². The minimum Gasteiger partial charge on any atom is -0.497 e. The van der Waals surface area contributed by atoms with Gasteiger partial charge < -0.3 is 10.1 Å². The van der Waals surface area contributed by atoms with Crippen molar-refractivity contribution in [1.82, 2.24) is 15.2 Å². The fraction of sp³-hybridized carbons (Fsp3) is 0.111. The van der Waals surface area contributed by atoms with Crippen LogP contribution in [0.15, 0.2) is 47.2 Å². The number of aryl methyl sites for hydroxylation is 1. The Morgan fingerprint density at radius 3 is 2.75 bits per heavy atom. The zero-order valence-electron chi connectivity index (χ0n) is 13.3. The van der Waals surface area contributed by atoms with Crippen molar-refractivity contribution in [1.29, 1.82) is 0 Å². The molecular formula is C18H16N4OS. The lowest BCUT2D eigenvalue weighted by Gasteiger charge is -2.10. The van der Waals surface area contributed by atoms with E-state index in [0.29, 0.717) is 0 Å². The molecule has 0 radical (unpaired) electrons. The molecule has 120 valence electrons. The number of rotatable bonds is 4. The summed E-state index contributed by atoms with van der Waals surface area (Å²) in [4.78, 5) is 4.80. The average Bonchev–Trinajstić information content (AvgIpc) is 3.25. The first-order chi connectivity index (χ1) is 11.7. The fourth-order valence-electron chi connectivity index (χ4n) is 2.66. The predicted molar refractivity (Wildman–Crippen MR) is 98.2 cm³/mol. The van der Waals surface area contributed by atoms with Crippen molar-refractivity contribution in [2.45, 2.75) is 6.92 Å². The number of pyridine rings is 1. The van der Waals surface area contributed by atoms with Crippen molar-refractivity contribution in [3.8, 4) is 17.0 Å². The van der Waals surface area contributed by atoms with Gasteiger partial charge in [0.2, 0.25) is 0 Å². The van der Waals surface area contributed by atoms with Crippen LogP contribution in [0.3, 0.4) is 0 Å². The maximum absolute atomic E-state index is 5.36. The first-order valence-corrected chi connectivity index (χ1v) is 8.47. The van der Waals surface area contributed by atoms with Crippen LogP contribution >= 0.6 is 11.3 Å². The highest BCUT2D eigenvalue weighted by Crippen LogP contribution is 2.33. The molecule has 6 heteroatoms. The molecule has 0 amide bonds. The number of H-pyrrole nitrogens is 1. The van der Waals surface area contributed by atoms with Gasteiger partial charge in [-0.3, -0.25) is 5.10 Å². The Balaban J connectivity index is 1.87. The standard InChI is InChI=1S/C18H16N4OS/c1-11-7-17(22-21-11)19-16-9-13-8-14(23-2)3-4-15(13)18(20-16)12-5-6-24-10-12/h3-10H,1-2H3,(H2,19,20,21,22). The molecule has 0 saturated heterocycles. The molecule has 0 spiro atoms. The molecule has 4 aromatic rings. The first kappa shape index (κ1) is 14.7. The molecule has 0 fully saturated rings. The van der Waals surface area contributed by atoms with Crippen LogP contribution in [0.5, 0.6) is 5.75 Å². The number of hydrogen-bond donors (Lipinski definition) is 2. The van der Waals surface area contributed by atoms with E-state index in [1.807, 2.05) is 31.2 Å². The van der Waals surface area contributed by atoms with Gasteiger partial charge in [-0.25, -0.2) is 4.98 Å². The normalized spacial score (nSPS) is 10.9. The summed E-state index contributed by atoms with van der Waals surface area (Å²) in [7, 11) is 1.67. The van der Waals surface area contributed by atoms with Crippen molar-refractivity contribution in [3.63, 3.8) is 0 Å². The molecule has 3 heterocycles. The van der Waals surface area contributed by atoms with Gasteiger partial charge in [0.15, 0.2) is 5.82 Å². The second-order valence-electron chi connectivity index (χ2n) is 5.52. The maximum atomic E-state index is 5.36. The molecule has 0 aliphatic rings. The molecule has 4 rings (SSSR count). The number of thiophene rings is 1. The third-order valence-electron chi connectivity index (χ3n) is 3.80. The number of fused-ring (bicyclic) bond motifs is 1. The molecule has 2 N–H and O–H groups in total. The van der Waals surface area contributed by atoms with Crippen LogP contribution in [-0.2, 0) is 0 Å². The summed E-state index contributed by atoms with van der Waals surface area (Å²) >= 11 is 1.66. The zero-order valence-corrected chi connectivity index (χ0v) is 14.1. The van der Waals surface area contributed by atoms with E-state index in [1.54, 1.807) is 18.4 Å². The summed E-state index contributed by atoms with van der Waals surface area (Å²) in [6.45, 7) is 1.97. The summed E-state index contributed by atoms with van der Waals surface area (Å²) in [5, 5.41) is 16.7. The van der Waals surface area contributed by atoms with Crippen molar-refractivity contribution in [2.75, 3.05) is 12.4 Å². The largest absolute Gasteiger partial charge is 0.497 e. The topological polar surface area (TPSA) is 62.8 Å². The maximum Gasteiger partial charge on any atom is 0.153 e. The lowest BCUT2D eigenvalue weighted by atomic mass is 10.1. The molecular weight excluding hydrogens is 320 g/mol. The number of nitrogens with one attached hydrogen (secondary N) is 2. The highest BCUT2D eigenvalue weighted by Gasteiger charge is 2.11. The Bertz CT molecular complexity index is 992. The van der Waals surface area contributed by atoms with Gasteiger partial charge in [0.05, 0.1) is 12.8 Å². The number of aromatic amines is 1. The van der Waals surface area contributed by atoms with Gasteiger partial charge in [0.25, 0.3) is 0 Å². The molecule has 0 aliphatic carbocycles. The number of nitrogens with zero attached hydrogens (tertiary/aromatic N) is 2. The highest BCUT2D eigenvalue weighted by atomic mass is 32.1. The lowest BCUT2D eigenvalue weighted by molar-refractivity contribution is 0.415. The average molecular weight is 336 g/mol. The molecule has 0 bridgehead atoms. The van der Waals surface area contributed by atoms with E-state index in [9.17, 15) is 0 Å². The Morgan fingerprint density at radius 2 is 2.04 bits per heavy atom. The first-order valence-electron chi connectivity index (χ1n) is 7.53. The number of ether oxygens (including phenoxy) is 1. The van der Waals surface area contributed by atoms with Crippen molar-refractivity contribution < 1.29 is 4.74 Å². The van der Waals surface area contributed by atoms with E-state index in [2.05, 4.69) is 38.4 Å². The van der Waals surface area contributed by atoms with E-state index < -0.39 is 0 Å². The van der Waals surface area contributed by atoms with Crippen LogP contribution < -0.4 is 10.1 Å². The predicted octanol–water partition coefficient (Wildman–Crippen LogP) is 4.75. The SMILES string of the molecule is COc1ccc2c(-c3ccsc3)nc(Nc3cc(C)[nH]n3)cc2c1. The Kier molecular flexibility index (Phi) is 3.66. The lowest BCUT2D eigenvalue weighted by Crippen LogP contribution is -1.96. The summed E-state index contributed by atoms with van der Waals surface area (Å²) in [5.74, 6) is 2.33. The van der Waals surface area contributed by atoms with Crippen molar-refractivity contribution in [3.05, 3.63) is 52.9 Å². The molecule has 1 aromatic carbocycles. The van der Waals surface area contributed by atoms with Crippen LogP contribution in [0.1, 0.15) is 5.69 Å². The number of hydrogen-bond acceptors (Lipinski definition) is 5. The van der Waals surface area contributed by atoms with Crippen LogP contribution in [-0.4, -0.2) is 22.3 Å². The minimum absolute atomic E-state index is 0.749. The number of methoxy groups -OCH3 is 1. The second kappa shape index (κ2) is 5.98. The minimum atomic E-state index is 0.749. The molecule has 24 heavy (non-hydrogen) atoms. The quantitative estimate of drug-likeness (QED) is 0.565. The summed E-state index contributed by atoms with van der Waals surface area (Å²) in [6.07, 6.45) is 0. The van der Waals surface area contributed by atoms with E-state index in [1.165, 1.54) is 0 Å². The molecule has 0 unspecified atom stereocenters. The number of benzene rings is 1. The van der Waals surface area contributed by atoms with Gasteiger partial charge in [0.1, 0.15) is 11.6 Å². The van der Waals surface area contributed by atoms with Gasteiger partial charge in [-0.15, -0.1) is 0 Å². The molecule has 3 aromatic heterocycles. The van der Waals surface area contributed by atoms with Crippen molar-refractivity contribution >= 4 is 33.7 Å². The highest BCUT2D eigenvalue weighted by molar-refractivity contribution is 7.08. The summed E-state index contributed by atoms with van der Waals surface area (Å²) in [5.41, 5.74) is 3.06. The van der Waals surface area contributed by atoms with Crippen LogP contribution in [0.2, 0.25) is 0 Å². The summed E-state index contributed by atoms with van der Waals surface area (Å²) in [6, 6.07) is 12.1. The number of aromatic nitrogens is 3. The van der Waals surface area contributed by atoms with Gasteiger partial charge in [-0.2, -0.15) is 16.4 Å². The molecule has 0 saturated carbocycles. The van der Waals surface area contributed by atoms with E-state index in [4.69, 9.17) is 9.72 Å². The van der Waals surface area contributed by atoms with Crippen LogP contribution in [0.4, 0.5) is 11.6 Å². The smallest absolute Gasteiger partial charge is 0.153 e. The van der Waals surface area contributed by atoms with Crippen LogP contribution in [0.25, 0.3) is 22.0 Å². The van der Waals surface area contributed by atoms with E-state index >= 15 is 0 Å². The number of anilines is 2. The van der Waals surface area contributed by atoms with Crippen LogP contribution in [0, 0.1) is 6.92 Å². The third kappa shape index (κ3) is 2.72. The molecule has 0 aliphatic heterocycles. The van der Waals surface area contributed by atoms with Gasteiger partial charge in [-0.05, 0) is 48.0 Å². The Morgan fingerprint density at radius 1 is 1.12 bits per heavy atom. The Labute approximate surface area is 143 Å². The molecule has 5 nitrogen and oxygen atoms in total. The summed E-state index contributed by atoms with van der Waals surface area (Å²) < 4.78 is 5.36. The van der Waals surface area contributed by atoms with Gasteiger partial charge >= 0.3 is 0 Å². The van der Waals surface area contributed by atoms with Crippen molar-refractivity contribution in [2.24, 2.45) is 0 Å². The fourth-order valence-corrected chi connectivity index (χ4v) is 3.30.